The van der Waals surface area contributed by atoms with Crippen molar-refractivity contribution in [3.8, 4) is 0 Å². The number of amides is 2. The molecule has 0 spiro atoms. The number of halogens is 1. The van der Waals surface area contributed by atoms with Crippen molar-refractivity contribution < 1.29 is 19.4 Å². The molecule has 0 aliphatic heterocycles. The number of carbonyl (C=O) groups is 2. The highest BCUT2D eigenvalue weighted by Gasteiger charge is 2.24. The van der Waals surface area contributed by atoms with E-state index < -0.39 is 17.8 Å². The standard InChI is InChI=1S/C13H19BrN4O4/c1-13(2,3)22-12(21)18(8-7-15-17-11(19)20)10-6-4-5-9(14)16-10/h4-6,15,17H,7-8H2,1-3H3,(H,19,20). The van der Waals surface area contributed by atoms with Crippen molar-refractivity contribution in [3.63, 3.8) is 0 Å². The van der Waals surface area contributed by atoms with Crippen LogP contribution in [0.2, 0.25) is 0 Å². The van der Waals surface area contributed by atoms with Crippen LogP contribution >= 0.6 is 15.9 Å². The van der Waals surface area contributed by atoms with Gasteiger partial charge >= 0.3 is 12.2 Å². The van der Waals surface area contributed by atoms with Gasteiger partial charge in [0.05, 0.1) is 0 Å². The summed E-state index contributed by atoms with van der Waals surface area (Å²) in [6.45, 7) is 5.67. The van der Waals surface area contributed by atoms with Gasteiger partial charge in [0.25, 0.3) is 0 Å². The van der Waals surface area contributed by atoms with Gasteiger partial charge in [-0.05, 0) is 48.8 Å². The van der Waals surface area contributed by atoms with Crippen molar-refractivity contribution >= 4 is 33.9 Å². The van der Waals surface area contributed by atoms with Gasteiger partial charge in [-0.3, -0.25) is 10.3 Å². The van der Waals surface area contributed by atoms with Gasteiger partial charge in [-0.2, -0.15) is 0 Å². The molecule has 0 bridgehead atoms. The fraction of sp³-hybridized carbons (Fsp3) is 0.462. The predicted molar refractivity (Wildman–Crippen MR) is 84.7 cm³/mol. The lowest BCUT2D eigenvalue weighted by Crippen LogP contribution is -2.45. The largest absolute Gasteiger partial charge is 0.464 e. The Balaban J connectivity index is 2.81. The molecule has 9 heteroatoms. The molecule has 22 heavy (non-hydrogen) atoms. The molecule has 1 aromatic rings. The summed E-state index contributed by atoms with van der Waals surface area (Å²) >= 11 is 3.25. The first-order chi connectivity index (χ1) is 10.2. The maximum atomic E-state index is 12.3. The first-order valence-corrected chi connectivity index (χ1v) is 7.33. The summed E-state index contributed by atoms with van der Waals surface area (Å²) in [5.74, 6) is 0.403. The van der Waals surface area contributed by atoms with Gasteiger partial charge in [-0.1, -0.05) is 6.07 Å². The second-order valence-corrected chi connectivity index (χ2v) is 6.12. The van der Waals surface area contributed by atoms with Gasteiger partial charge < -0.3 is 9.84 Å². The number of pyridine rings is 1. The van der Waals surface area contributed by atoms with E-state index in [0.29, 0.717) is 10.4 Å². The summed E-state index contributed by atoms with van der Waals surface area (Å²) < 4.78 is 5.92. The van der Waals surface area contributed by atoms with Crippen molar-refractivity contribution in [2.24, 2.45) is 0 Å². The number of anilines is 1. The molecule has 2 amide bonds. The zero-order valence-corrected chi connectivity index (χ0v) is 14.2. The third-order valence-corrected chi connectivity index (χ3v) is 2.69. The Labute approximate surface area is 136 Å². The van der Waals surface area contributed by atoms with Crippen molar-refractivity contribution in [1.29, 1.82) is 0 Å². The Hall–Kier alpha value is -1.87. The highest BCUT2D eigenvalue weighted by Crippen LogP contribution is 2.18. The van der Waals surface area contributed by atoms with E-state index in [1.165, 1.54) is 4.90 Å². The van der Waals surface area contributed by atoms with Crippen molar-refractivity contribution in [2.45, 2.75) is 26.4 Å². The Bertz CT molecular complexity index is 533. The number of rotatable bonds is 5. The zero-order chi connectivity index (χ0) is 16.8. The summed E-state index contributed by atoms with van der Waals surface area (Å²) in [5, 5.41) is 8.50. The Kier molecular flexibility index (Phi) is 6.57. The fourth-order valence-electron chi connectivity index (χ4n) is 1.47. The summed E-state index contributed by atoms with van der Waals surface area (Å²) in [5.41, 5.74) is 3.84. The van der Waals surface area contributed by atoms with E-state index in [4.69, 9.17) is 9.84 Å². The van der Waals surface area contributed by atoms with Gasteiger partial charge in [0.1, 0.15) is 16.0 Å². The Morgan fingerprint density at radius 3 is 2.64 bits per heavy atom. The van der Waals surface area contributed by atoms with Crippen molar-refractivity contribution in [3.05, 3.63) is 22.8 Å². The lowest BCUT2D eigenvalue weighted by Gasteiger charge is -2.27. The van der Waals surface area contributed by atoms with Gasteiger partial charge in [0.15, 0.2) is 0 Å². The van der Waals surface area contributed by atoms with Crippen LogP contribution in [0.5, 0.6) is 0 Å². The first-order valence-electron chi connectivity index (χ1n) is 6.54. The smallest absolute Gasteiger partial charge is 0.419 e. The van der Waals surface area contributed by atoms with E-state index in [2.05, 4.69) is 26.3 Å². The number of aromatic nitrogens is 1. The molecule has 1 rings (SSSR count). The van der Waals surface area contributed by atoms with E-state index in [-0.39, 0.29) is 13.1 Å². The summed E-state index contributed by atoms with van der Waals surface area (Å²) in [6, 6.07) is 5.15. The molecule has 0 aliphatic rings. The maximum absolute atomic E-state index is 12.3. The molecule has 1 heterocycles. The third-order valence-electron chi connectivity index (χ3n) is 2.25. The minimum Gasteiger partial charge on any atom is -0.464 e. The molecule has 0 unspecified atom stereocenters. The molecule has 0 aromatic carbocycles. The number of hydrazine groups is 1. The van der Waals surface area contributed by atoms with Gasteiger partial charge in [0, 0.05) is 13.1 Å². The quantitative estimate of drug-likeness (QED) is 0.415. The monoisotopic (exact) mass is 374 g/mol. The highest BCUT2D eigenvalue weighted by molar-refractivity contribution is 9.10. The van der Waals surface area contributed by atoms with E-state index in [1.807, 2.05) is 5.43 Å². The SMILES string of the molecule is CC(C)(C)OC(=O)N(CCNNC(=O)O)c1cccc(Br)n1. The molecular formula is C13H19BrN4O4. The van der Waals surface area contributed by atoms with E-state index in [9.17, 15) is 9.59 Å². The van der Waals surface area contributed by atoms with Crippen LogP contribution in [-0.2, 0) is 4.74 Å². The normalized spacial score (nSPS) is 10.9. The molecule has 122 valence electrons. The molecule has 0 saturated heterocycles. The number of carbonyl (C=O) groups excluding carboxylic acids is 1. The van der Waals surface area contributed by atoms with E-state index in [0.717, 1.165) is 0 Å². The molecule has 0 saturated carbocycles. The van der Waals surface area contributed by atoms with E-state index >= 15 is 0 Å². The molecule has 0 atom stereocenters. The van der Waals surface area contributed by atoms with Gasteiger partial charge in [0.2, 0.25) is 0 Å². The van der Waals surface area contributed by atoms with Crippen LogP contribution in [-0.4, -0.2) is 41.0 Å². The summed E-state index contributed by atoms with van der Waals surface area (Å²) in [6.07, 6.45) is -1.76. The third kappa shape index (κ3) is 6.72. The topological polar surface area (TPSA) is 104 Å². The minimum atomic E-state index is -1.20. The second kappa shape index (κ2) is 7.95. The molecular weight excluding hydrogens is 356 g/mol. The van der Waals surface area contributed by atoms with Crippen LogP contribution in [0, 0.1) is 0 Å². The van der Waals surface area contributed by atoms with Crippen LogP contribution in [0.3, 0.4) is 0 Å². The Morgan fingerprint density at radius 2 is 2.09 bits per heavy atom. The first kappa shape index (κ1) is 18.2. The maximum Gasteiger partial charge on any atom is 0.419 e. The molecule has 0 aliphatic carbocycles. The van der Waals surface area contributed by atoms with Crippen LogP contribution < -0.4 is 15.8 Å². The van der Waals surface area contributed by atoms with Crippen molar-refractivity contribution in [2.75, 3.05) is 18.0 Å². The number of hydrogen-bond acceptors (Lipinski definition) is 5. The van der Waals surface area contributed by atoms with Crippen LogP contribution in [0.25, 0.3) is 0 Å². The number of nitrogens with one attached hydrogen (secondary N) is 2. The lowest BCUT2D eigenvalue weighted by atomic mass is 10.2. The van der Waals surface area contributed by atoms with E-state index in [1.54, 1.807) is 39.0 Å². The second-order valence-electron chi connectivity index (χ2n) is 5.31. The average molecular weight is 375 g/mol. The molecule has 1 aromatic heterocycles. The van der Waals surface area contributed by atoms with Crippen LogP contribution in [0.4, 0.5) is 15.4 Å². The Morgan fingerprint density at radius 1 is 1.41 bits per heavy atom. The van der Waals surface area contributed by atoms with Gasteiger partial charge in [-0.25, -0.2) is 20.0 Å². The minimum absolute atomic E-state index is 0.179. The molecule has 0 fully saturated rings. The molecule has 3 N–H and O–H groups in total. The number of ether oxygens (including phenoxy) is 1. The number of hydrogen-bond donors (Lipinski definition) is 3. The van der Waals surface area contributed by atoms with Crippen LogP contribution in [0.1, 0.15) is 20.8 Å². The molecule has 0 radical (unpaired) electrons. The van der Waals surface area contributed by atoms with Crippen molar-refractivity contribution in [1.82, 2.24) is 15.8 Å². The van der Waals surface area contributed by atoms with Crippen LogP contribution in [0.15, 0.2) is 22.8 Å². The average Bonchev–Trinajstić information content (AvgIpc) is 2.36. The summed E-state index contributed by atoms with van der Waals surface area (Å²) in [4.78, 5) is 28.2. The number of carboxylic acid groups (broad SMARTS) is 1. The lowest BCUT2D eigenvalue weighted by molar-refractivity contribution is 0.0579. The number of nitrogens with zero attached hydrogens (tertiary/aromatic N) is 2. The fourth-order valence-corrected chi connectivity index (χ4v) is 1.80. The van der Waals surface area contributed by atoms with Gasteiger partial charge in [-0.15, -0.1) is 0 Å². The zero-order valence-electron chi connectivity index (χ0n) is 12.6. The predicted octanol–water partition coefficient (Wildman–Crippen LogP) is 2.36. The summed E-state index contributed by atoms with van der Waals surface area (Å²) in [7, 11) is 0. The highest BCUT2D eigenvalue weighted by atomic mass is 79.9. The molecule has 8 nitrogen and oxygen atoms in total.